The summed E-state index contributed by atoms with van der Waals surface area (Å²) in [6.07, 6.45) is 5.37. The van der Waals surface area contributed by atoms with Crippen molar-refractivity contribution in [1.29, 1.82) is 0 Å². The van der Waals surface area contributed by atoms with E-state index in [2.05, 4.69) is 9.80 Å². The molecule has 1 amide bonds. The highest BCUT2D eigenvalue weighted by Crippen LogP contribution is 2.47. The minimum Gasteiger partial charge on any atom is -0.493 e. The molecule has 3 aliphatic rings. The van der Waals surface area contributed by atoms with Gasteiger partial charge in [-0.15, -0.1) is 0 Å². The van der Waals surface area contributed by atoms with Gasteiger partial charge < -0.3 is 24.4 Å². The van der Waals surface area contributed by atoms with Crippen molar-refractivity contribution in [1.82, 2.24) is 9.80 Å². The SMILES string of the molecule is COc1ccc(C2(C(=O)N3C[C@H]4C[C@@H](N(C)C)[C@H](O)C[C@H]4C3)CCCC2)cc1OC. The average Bonchev–Trinajstić information content (AvgIpc) is 3.39. The average molecular weight is 417 g/mol. The number of aliphatic hydroxyl groups is 1. The fourth-order valence-corrected chi connectivity index (χ4v) is 6.17. The largest absolute Gasteiger partial charge is 0.493 e. The molecule has 3 fully saturated rings. The van der Waals surface area contributed by atoms with Gasteiger partial charge in [-0.2, -0.15) is 0 Å². The molecule has 1 heterocycles. The minimum atomic E-state index is -0.466. The van der Waals surface area contributed by atoms with E-state index in [1.165, 1.54) is 0 Å². The van der Waals surface area contributed by atoms with Crippen molar-refractivity contribution in [3.8, 4) is 11.5 Å². The van der Waals surface area contributed by atoms with Gasteiger partial charge in [0.1, 0.15) is 0 Å². The molecule has 2 saturated carbocycles. The lowest BCUT2D eigenvalue weighted by Crippen LogP contribution is -2.46. The van der Waals surface area contributed by atoms with Crippen LogP contribution >= 0.6 is 0 Å². The quantitative estimate of drug-likeness (QED) is 0.800. The van der Waals surface area contributed by atoms with Crippen LogP contribution in [0.5, 0.6) is 11.5 Å². The Morgan fingerprint density at radius 3 is 2.30 bits per heavy atom. The van der Waals surface area contributed by atoms with Gasteiger partial charge in [0, 0.05) is 19.1 Å². The van der Waals surface area contributed by atoms with Gasteiger partial charge in [0.2, 0.25) is 5.91 Å². The third-order valence-corrected chi connectivity index (χ3v) is 7.86. The Kier molecular flexibility index (Phi) is 5.99. The molecular formula is C24H36N2O4. The number of carbonyl (C=O) groups excluding carboxylic acids is 1. The molecule has 0 unspecified atom stereocenters. The Balaban J connectivity index is 1.58. The number of fused-ring (bicyclic) bond motifs is 1. The first kappa shape index (κ1) is 21.4. The highest BCUT2D eigenvalue weighted by Gasteiger charge is 2.50. The van der Waals surface area contributed by atoms with Crippen LogP contribution in [-0.2, 0) is 10.2 Å². The zero-order chi connectivity index (χ0) is 21.5. The lowest BCUT2D eigenvalue weighted by atomic mass is 9.77. The summed E-state index contributed by atoms with van der Waals surface area (Å²) < 4.78 is 10.9. The molecule has 30 heavy (non-hydrogen) atoms. The lowest BCUT2D eigenvalue weighted by molar-refractivity contribution is -0.136. The van der Waals surface area contributed by atoms with Crippen LogP contribution in [0.3, 0.4) is 0 Å². The van der Waals surface area contributed by atoms with Gasteiger partial charge in [0.05, 0.1) is 25.7 Å². The number of amides is 1. The summed E-state index contributed by atoms with van der Waals surface area (Å²) in [6, 6.07) is 6.15. The summed E-state index contributed by atoms with van der Waals surface area (Å²) in [5, 5.41) is 10.6. The van der Waals surface area contributed by atoms with Crippen molar-refractivity contribution in [2.75, 3.05) is 41.4 Å². The first-order valence-corrected chi connectivity index (χ1v) is 11.3. The maximum Gasteiger partial charge on any atom is 0.233 e. The Hall–Kier alpha value is -1.79. The number of aliphatic hydroxyl groups excluding tert-OH is 1. The summed E-state index contributed by atoms with van der Waals surface area (Å²) in [4.78, 5) is 18.2. The van der Waals surface area contributed by atoms with E-state index in [0.29, 0.717) is 23.3 Å². The van der Waals surface area contributed by atoms with Gasteiger partial charge in [-0.25, -0.2) is 0 Å². The van der Waals surface area contributed by atoms with E-state index in [0.717, 1.165) is 57.2 Å². The number of nitrogens with zero attached hydrogens (tertiary/aromatic N) is 2. The number of methoxy groups -OCH3 is 2. The third-order valence-electron chi connectivity index (χ3n) is 7.86. The summed E-state index contributed by atoms with van der Waals surface area (Å²) >= 11 is 0. The van der Waals surface area contributed by atoms with Crippen LogP contribution in [0.1, 0.15) is 44.1 Å². The molecule has 1 aromatic carbocycles. The topological polar surface area (TPSA) is 62.2 Å². The van der Waals surface area contributed by atoms with Crippen molar-refractivity contribution < 1.29 is 19.4 Å². The second-order valence-electron chi connectivity index (χ2n) is 9.66. The van der Waals surface area contributed by atoms with E-state index in [9.17, 15) is 9.90 Å². The van der Waals surface area contributed by atoms with Crippen molar-refractivity contribution in [3.05, 3.63) is 23.8 Å². The Labute approximate surface area is 180 Å². The third kappa shape index (κ3) is 3.58. The summed E-state index contributed by atoms with van der Waals surface area (Å²) in [5.74, 6) is 2.52. The molecule has 2 aliphatic carbocycles. The number of hydrogen-bond acceptors (Lipinski definition) is 5. The molecule has 6 nitrogen and oxygen atoms in total. The second-order valence-corrected chi connectivity index (χ2v) is 9.66. The monoisotopic (exact) mass is 416 g/mol. The Morgan fingerprint density at radius 1 is 1.07 bits per heavy atom. The predicted octanol–water partition coefficient (Wildman–Crippen LogP) is 2.68. The van der Waals surface area contributed by atoms with E-state index >= 15 is 0 Å². The Morgan fingerprint density at radius 2 is 1.70 bits per heavy atom. The Bertz CT molecular complexity index is 774. The van der Waals surface area contributed by atoms with Crippen molar-refractivity contribution in [2.24, 2.45) is 11.8 Å². The standard InChI is InChI=1S/C24H36N2O4/c1-25(2)19-11-16-14-26(15-17(16)12-20(19)27)23(28)24(9-5-6-10-24)18-7-8-21(29-3)22(13-18)30-4/h7-8,13,16-17,19-20,27H,5-6,9-12,14-15H2,1-4H3/t16-,17+,19-,20-/m1/s1. The zero-order valence-corrected chi connectivity index (χ0v) is 18.8. The number of likely N-dealkylation sites (N-methyl/N-ethyl adjacent to an activating group) is 1. The number of hydrogen-bond donors (Lipinski definition) is 1. The number of benzene rings is 1. The van der Waals surface area contributed by atoms with Gasteiger partial charge in [-0.1, -0.05) is 18.9 Å². The molecular weight excluding hydrogens is 380 g/mol. The highest BCUT2D eigenvalue weighted by atomic mass is 16.5. The minimum absolute atomic E-state index is 0.188. The van der Waals surface area contributed by atoms with Crippen LogP contribution in [0.15, 0.2) is 18.2 Å². The highest BCUT2D eigenvalue weighted by molar-refractivity contribution is 5.89. The molecule has 1 N–H and O–H groups in total. The van der Waals surface area contributed by atoms with Crippen LogP contribution < -0.4 is 9.47 Å². The molecule has 0 radical (unpaired) electrons. The first-order chi connectivity index (χ1) is 14.4. The zero-order valence-electron chi connectivity index (χ0n) is 18.8. The van der Waals surface area contributed by atoms with Crippen LogP contribution in [0.25, 0.3) is 0 Å². The number of ether oxygens (including phenoxy) is 2. The van der Waals surface area contributed by atoms with Gasteiger partial charge >= 0.3 is 0 Å². The van der Waals surface area contributed by atoms with Crippen molar-refractivity contribution >= 4 is 5.91 Å². The molecule has 4 rings (SSSR count). The van der Waals surface area contributed by atoms with Crippen LogP contribution in [0, 0.1) is 11.8 Å². The van der Waals surface area contributed by atoms with Crippen LogP contribution in [0.4, 0.5) is 0 Å². The molecule has 4 atom stereocenters. The lowest BCUT2D eigenvalue weighted by Gasteiger charge is -2.38. The molecule has 0 aromatic heterocycles. The molecule has 166 valence electrons. The predicted molar refractivity (Wildman–Crippen MR) is 116 cm³/mol. The molecule has 6 heteroatoms. The van der Waals surface area contributed by atoms with E-state index in [1.54, 1.807) is 14.2 Å². The van der Waals surface area contributed by atoms with E-state index in [-0.39, 0.29) is 18.1 Å². The maximum absolute atomic E-state index is 13.9. The van der Waals surface area contributed by atoms with Gasteiger partial charge in [-0.05, 0) is 69.3 Å². The summed E-state index contributed by atoms with van der Waals surface area (Å²) in [5.41, 5.74) is 0.579. The number of rotatable bonds is 5. The van der Waals surface area contributed by atoms with Crippen LogP contribution in [0.2, 0.25) is 0 Å². The van der Waals surface area contributed by atoms with Gasteiger partial charge in [-0.3, -0.25) is 4.79 Å². The maximum atomic E-state index is 13.9. The molecule has 1 saturated heterocycles. The number of likely N-dealkylation sites (tertiary alicyclic amines) is 1. The number of carbonyl (C=O) groups is 1. The van der Waals surface area contributed by atoms with Gasteiger partial charge in [0.25, 0.3) is 0 Å². The van der Waals surface area contributed by atoms with Crippen LogP contribution in [-0.4, -0.2) is 74.4 Å². The van der Waals surface area contributed by atoms with Gasteiger partial charge in [0.15, 0.2) is 11.5 Å². The summed E-state index contributed by atoms with van der Waals surface area (Å²) in [7, 11) is 7.35. The smallest absolute Gasteiger partial charge is 0.233 e. The first-order valence-electron chi connectivity index (χ1n) is 11.3. The molecule has 1 aliphatic heterocycles. The van der Waals surface area contributed by atoms with E-state index in [1.807, 2.05) is 32.3 Å². The normalized spacial score (nSPS) is 30.4. The molecule has 0 spiro atoms. The van der Waals surface area contributed by atoms with E-state index < -0.39 is 5.41 Å². The van der Waals surface area contributed by atoms with Crippen molar-refractivity contribution in [3.63, 3.8) is 0 Å². The summed E-state index contributed by atoms with van der Waals surface area (Å²) in [6.45, 7) is 1.59. The molecule has 0 bridgehead atoms. The van der Waals surface area contributed by atoms with E-state index in [4.69, 9.17) is 9.47 Å². The van der Waals surface area contributed by atoms with Crippen molar-refractivity contribution in [2.45, 2.75) is 56.1 Å². The second kappa shape index (κ2) is 8.39. The fourth-order valence-electron chi connectivity index (χ4n) is 6.17. The fraction of sp³-hybridized carbons (Fsp3) is 0.708. The molecule has 1 aromatic rings.